The fourth-order valence-corrected chi connectivity index (χ4v) is 1.81. The number of carbonyl (C=O) groups is 1. The van der Waals surface area contributed by atoms with Crippen LogP contribution in [0.4, 0.5) is 0 Å². The topological polar surface area (TPSA) is 41.1 Å². The fourth-order valence-electron chi connectivity index (χ4n) is 1.61. The summed E-state index contributed by atoms with van der Waals surface area (Å²) < 4.78 is 0. The molecule has 1 unspecified atom stereocenters. The zero-order valence-corrected chi connectivity index (χ0v) is 11.8. The zero-order valence-electron chi connectivity index (χ0n) is 11.0. The van der Waals surface area contributed by atoms with Gasteiger partial charge in [0, 0.05) is 17.6 Å². The van der Waals surface area contributed by atoms with Gasteiger partial charge in [-0.1, -0.05) is 37.1 Å². The largest absolute Gasteiger partial charge is 0.355 e. The molecular weight excluding hydrogens is 248 g/mol. The van der Waals surface area contributed by atoms with E-state index in [1.54, 1.807) is 0 Å². The highest BCUT2D eigenvalue weighted by Crippen LogP contribution is 2.16. The Labute approximate surface area is 114 Å². The molecule has 4 heteroatoms. The minimum Gasteiger partial charge on any atom is -0.355 e. The highest BCUT2D eigenvalue weighted by molar-refractivity contribution is 6.30. The third-order valence-corrected chi connectivity index (χ3v) is 3.01. The van der Waals surface area contributed by atoms with Gasteiger partial charge < -0.3 is 10.6 Å². The van der Waals surface area contributed by atoms with Gasteiger partial charge in [0.25, 0.3) is 0 Å². The SMILES string of the molecule is CCCCNC(=O)CNC(C)c1cccc(Cl)c1. The smallest absolute Gasteiger partial charge is 0.233 e. The monoisotopic (exact) mass is 268 g/mol. The van der Waals surface area contributed by atoms with Crippen LogP contribution in [0.15, 0.2) is 24.3 Å². The Bertz CT molecular complexity index is 382. The molecule has 1 atom stereocenters. The van der Waals surface area contributed by atoms with Gasteiger partial charge in [-0.3, -0.25) is 4.79 Å². The molecular formula is C14H21ClN2O. The second-order valence-corrected chi connectivity index (χ2v) is 4.80. The molecule has 0 aliphatic heterocycles. The maximum Gasteiger partial charge on any atom is 0.233 e. The number of unbranched alkanes of at least 4 members (excludes halogenated alkanes) is 1. The zero-order chi connectivity index (χ0) is 13.4. The molecule has 1 aromatic carbocycles. The van der Waals surface area contributed by atoms with Crippen molar-refractivity contribution in [3.63, 3.8) is 0 Å². The summed E-state index contributed by atoms with van der Waals surface area (Å²) in [7, 11) is 0. The molecule has 100 valence electrons. The molecule has 18 heavy (non-hydrogen) atoms. The van der Waals surface area contributed by atoms with Gasteiger partial charge in [0.15, 0.2) is 0 Å². The number of hydrogen-bond acceptors (Lipinski definition) is 2. The van der Waals surface area contributed by atoms with E-state index < -0.39 is 0 Å². The van der Waals surface area contributed by atoms with Crippen molar-refractivity contribution in [2.45, 2.75) is 32.7 Å². The van der Waals surface area contributed by atoms with E-state index in [-0.39, 0.29) is 11.9 Å². The van der Waals surface area contributed by atoms with Gasteiger partial charge in [0.2, 0.25) is 5.91 Å². The standard InChI is InChI=1S/C14H21ClN2O/c1-3-4-8-16-14(18)10-17-11(2)12-6-5-7-13(15)9-12/h5-7,9,11,17H,3-4,8,10H2,1-2H3,(H,16,18). The Balaban J connectivity index is 2.32. The van der Waals surface area contributed by atoms with Crippen molar-refractivity contribution in [3.8, 4) is 0 Å². The Morgan fingerprint density at radius 1 is 1.44 bits per heavy atom. The van der Waals surface area contributed by atoms with Crippen LogP contribution in [-0.4, -0.2) is 19.0 Å². The van der Waals surface area contributed by atoms with Crippen LogP contribution in [0.2, 0.25) is 5.02 Å². The molecule has 1 rings (SSSR count). The summed E-state index contributed by atoms with van der Waals surface area (Å²) in [5, 5.41) is 6.77. The van der Waals surface area contributed by atoms with Crippen LogP contribution >= 0.6 is 11.6 Å². The van der Waals surface area contributed by atoms with Crippen molar-refractivity contribution < 1.29 is 4.79 Å². The van der Waals surface area contributed by atoms with Crippen molar-refractivity contribution in [1.82, 2.24) is 10.6 Å². The molecule has 0 radical (unpaired) electrons. The normalized spacial score (nSPS) is 12.2. The molecule has 0 fully saturated rings. The van der Waals surface area contributed by atoms with E-state index in [9.17, 15) is 4.79 Å². The van der Waals surface area contributed by atoms with Crippen molar-refractivity contribution in [2.75, 3.05) is 13.1 Å². The summed E-state index contributed by atoms with van der Waals surface area (Å²) in [6.45, 7) is 5.20. The lowest BCUT2D eigenvalue weighted by atomic mass is 10.1. The Morgan fingerprint density at radius 2 is 2.22 bits per heavy atom. The number of nitrogens with one attached hydrogen (secondary N) is 2. The molecule has 0 aliphatic carbocycles. The van der Waals surface area contributed by atoms with Crippen molar-refractivity contribution in [3.05, 3.63) is 34.9 Å². The second kappa shape index (κ2) is 8.11. The maximum absolute atomic E-state index is 11.5. The molecule has 0 saturated heterocycles. The molecule has 0 bridgehead atoms. The van der Waals surface area contributed by atoms with Gasteiger partial charge in [-0.05, 0) is 31.0 Å². The molecule has 0 heterocycles. The molecule has 0 spiro atoms. The van der Waals surface area contributed by atoms with Crippen LogP contribution in [0.3, 0.4) is 0 Å². The summed E-state index contributed by atoms with van der Waals surface area (Å²) in [5.41, 5.74) is 1.09. The predicted molar refractivity (Wildman–Crippen MR) is 75.8 cm³/mol. The van der Waals surface area contributed by atoms with Gasteiger partial charge in [-0.25, -0.2) is 0 Å². The number of benzene rings is 1. The van der Waals surface area contributed by atoms with E-state index in [1.807, 2.05) is 31.2 Å². The van der Waals surface area contributed by atoms with Gasteiger partial charge in [-0.15, -0.1) is 0 Å². The summed E-state index contributed by atoms with van der Waals surface area (Å²) in [5.74, 6) is 0.0392. The number of rotatable bonds is 7. The van der Waals surface area contributed by atoms with E-state index in [2.05, 4.69) is 17.6 Å². The lowest BCUT2D eigenvalue weighted by molar-refractivity contribution is -0.120. The first kappa shape index (κ1) is 15.0. The molecule has 0 aliphatic rings. The van der Waals surface area contributed by atoms with Crippen molar-refractivity contribution in [2.24, 2.45) is 0 Å². The van der Waals surface area contributed by atoms with E-state index in [0.29, 0.717) is 11.6 Å². The first-order valence-electron chi connectivity index (χ1n) is 6.39. The van der Waals surface area contributed by atoms with Gasteiger partial charge in [0.05, 0.1) is 6.54 Å². The number of halogens is 1. The first-order chi connectivity index (χ1) is 8.63. The third-order valence-electron chi connectivity index (χ3n) is 2.77. The second-order valence-electron chi connectivity index (χ2n) is 4.36. The van der Waals surface area contributed by atoms with Gasteiger partial charge in [0.1, 0.15) is 0 Å². The molecule has 2 N–H and O–H groups in total. The minimum atomic E-state index is 0.0392. The predicted octanol–water partition coefficient (Wildman–Crippen LogP) is 2.91. The number of hydrogen-bond donors (Lipinski definition) is 2. The third kappa shape index (κ3) is 5.52. The quantitative estimate of drug-likeness (QED) is 0.747. The van der Waals surface area contributed by atoms with Crippen LogP contribution in [0.5, 0.6) is 0 Å². The lowest BCUT2D eigenvalue weighted by Gasteiger charge is -2.14. The Hall–Kier alpha value is -1.06. The van der Waals surface area contributed by atoms with Crippen LogP contribution in [0.1, 0.15) is 38.3 Å². The van der Waals surface area contributed by atoms with E-state index in [1.165, 1.54) is 0 Å². The maximum atomic E-state index is 11.5. The number of carbonyl (C=O) groups excluding carboxylic acids is 1. The Morgan fingerprint density at radius 3 is 2.89 bits per heavy atom. The van der Waals surface area contributed by atoms with Gasteiger partial charge in [-0.2, -0.15) is 0 Å². The van der Waals surface area contributed by atoms with Crippen LogP contribution in [-0.2, 0) is 4.79 Å². The molecule has 0 aromatic heterocycles. The van der Waals surface area contributed by atoms with Crippen LogP contribution in [0.25, 0.3) is 0 Å². The average Bonchev–Trinajstić information content (AvgIpc) is 2.36. The fraction of sp³-hybridized carbons (Fsp3) is 0.500. The molecule has 0 saturated carbocycles. The van der Waals surface area contributed by atoms with E-state index in [4.69, 9.17) is 11.6 Å². The minimum absolute atomic E-state index is 0.0392. The summed E-state index contributed by atoms with van der Waals surface area (Å²) in [4.78, 5) is 11.5. The van der Waals surface area contributed by atoms with Crippen molar-refractivity contribution >= 4 is 17.5 Å². The number of amides is 1. The summed E-state index contributed by atoms with van der Waals surface area (Å²) >= 11 is 5.93. The summed E-state index contributed by atoms with van der Waals surface area (Å²) in [6.07, 6.45) is 2.11. The molecule has 3 nitrogen and oxygen atoms in total. The van der Waals surface area contributed by atoms with Crippen molar-refractivity contribution in [1.29, 1.82) is 0 Å². The molecule has 1 amide bonds. The van der Waals surface area contributed by atoms with E-state index in [0.717, 1.165) is 24.9 Å². The Kier molecular flexibility index (Phi) is 6.76. The lowest BCUT2D eigenvalue weighted by Crippen LogP contribution is -2.35. The molecule has 1 aromatic rings. The highest BCUT2D eigenvalue weighted by atomic mass is 35.5. The van der Waals surface area contributed by atoms with Crippen LogP contribution < -0.4 is 10.6 Å². The van der Waals surface area contributed by atoms with Crippen LogP contribution in [0, 0.1) is 0 Å². The average molecular weight is 269 g/mol. The highest BCUT2D eigenvalue weighted by Gasteiger charge is 2.07. The van der Waals surface area contributed by atoms with Gasteiger partial charge >= 0.3 is 0 Å². The van der Waals surface area contributed by atoms with E-state index >= 15 is 0 Å². The first-order valence-corrected chi connectivity index (χ1v) is 6.76. The summed E-state index contributed by atoms with van der Waals surface area (Å²) in [6, 6.07) is 7.78.